The van der Waals surface area contributed by atoms with E-state index in [1.807, 2.05) is 0 Å². The van der Waals surface area contributed by atoms with E-state index >= 15 is 0 Å². The van der Waals surface area contributed by atoms with Crippen molar-refractivity contribution in [3.63, 3.8) is 0 Å². The van der Waals surface area contributed by atoms with Crippen LogP contribution >= 0.6 is 11.6 Å². The van der Waals surface area contributed by atoms with Crippen molar-refractivity contribution in [2.45, 2.75) is 12.5 Å². The molecule has 1 unspecified atom stereocenters. The summed E-state index contributed by atoms with van der Waals surface area (Å²) in [5, 5.41) is 0.294. The van der Waals surface area contributed by atoms with E-state index in [-0.39, 0.29) is 6.42 Å². The number of hydrogen-bond acceptors (Lipinski definition) is 1. The first-order chi connectivity index (χ1) is 8.97. The predicted molar refractivity (Wildman–Crippen MR) is 68.4 cm³/mol. The van der Waals surface area contributed by atoms with E-state index in [4.69, 9.17) is 17.3 Å². The van der Waals surface area contributed by atoms with Gasteiger partial charge in [0.25, 0.3) is 0 Å². The molecule has 2 rings (SSSR count). The lowest BCUT2D eigenvalue weighted by Crippen LogP contribution is -2.14. The lowest BCUT2D eigenvalue weighted by molar-refractivity contribution is 0.504. The largest absolute Gasteiger partial charge is 0.324 e. The maximum Gasteiger partial charge on any atom is 0.159 e. The summed E-state index contributed by atoms with van der Waals surface area (Å²) in [6.07, 6.45) is 0.175. The van der Waals surface area contributed by atoms with Gasteiger partial charge in [0.05, 0.1) is 0 Å². The van der Waals surface area contributed by atoms with Crippen molar-refractivity contribution in [3.05, 3.63) is 70.0 Å². The fourth-order valence-corrected chi connectivity index (χ4v) is 1.94. The summed E-state index contributed by atoms with van der Waals surface area (Å²) < 4.78 is 39.5. The monoisotopic (exact) mass is 285 g/mol. The van der Waals surface area contributed by atoms with Crippen LogP contribution < -0.4 is 5.73 Å². The Morgan fingerprint density at radius 2 is 1.68 bits per heavy atom. The highest BCUT2D eigenvalue weighted by Gasteiger charge is 2.13. The van der Waals surface area contributed by atoms with Gasteiger partial charge in [-0.15, -0.1) is 0 Å². The van der Waals surface area contributed by atoms with E-state index in [0.717, 1.165) is 12.1 Å². The summed E-state index contributed by atoms with van der Waals surface area (Å²) in [4.78, 5) is 0. The minimum atomic E-state index is -0.968. The van der Waals surface area contributed by atoms with E-state index in [1.54, 1.807) is 6.07 Å². The lowest BCUT2D eigenvalue weighted by atomic mass is 9.99. The van der Waals surface area contributed by atoms with Crippen LogP contribution in [0.4, 0.5) is 13.2 Å². The van der Waals surface area contributed by atoms with E-state index in [9.17, 15) is 13.2 Å². The molecule has 0 saturated carbocycles. The fraction of sp³-hybridized carbons (Fsp3) is 0.143. The van der Waals surface area contributed by atoms with E-state index in [0.29, 0.717) is 16.1 Å². The molecular formula is C14H11ClF3N. The number of halogens is 4. The van der Waals surface area contributed by atoms with Crippen LogP contribution in [0, 0.1) is 17.5 Å². The maximum atomic E-state index is 13.6. The molecule has 0 aliphatic carbocycles. The van der Waals surface area contributed by atoms with Crippen LogP contribution in [0.5, 0.6) is 0 Å². The highest BCUT2D eigenvalue weighted by Crippen LogP contribution is 2.22. The third-order valence-electron chi connectivity index (χ3n) is 2.83. The number of hydrogen-bond donors (Lipinski definition) is 1. The van der Waals surface area contributed by atoms with Crippen LogP contribution in [0.25, 0.3) is 0 Å². The van der Waals surface area contributed by atoms with Gasteiger partial charge in [0.15, 0.2) is 11.6 Å². The molecule has 2 N–H and O–H groups in total. The highest BCUT2D eigenvalue weighted by molar-refractivity contribution is 6.30. The molecule has 0 heterocycles. The molecule has 0 aromatic heterocycles. The molecule has 100 valence electrons. The molecule has 0 fully saturated rings. The molecule has 0 radical (unpaired) electrons. The topological polar surface area (TPSA) is 26.0 Å². The van der Waals surface area contributed by atoms with Crippen LogP contribution in [-0.2, 0) is 6.42 Å². The van der Waals surface area contributed by atoms with Crippen LogP contribution in [0.2, 0.25) is 5.02 Å². The fourth-order valence-electron chi connectivity index (χ4n) is 1.79. The minimum Gasteiger partial charge on any atom is -0.324 e. The van der Waals surface area contributed by atoms with Crippen LogP contribution in [0.15, 0.2) is 36.4 Å². The van der Waals surface area contributed by atoms with Crippen molar-refractivity contribution in [3.8, 4) is 0 Å². The van der Waals surface area contributed by atoms with Gasteiger partial charge in [0.1, 0.15) is 5.82 Å². The lowest BCUT2D eigenvalue weighted by Gasteiger charge is -2.13. The van der Waals surface area contributed by atoms with Gasteiger partial charge in [-0.3, -0.25) is 0 Å². The summed E-state index contributed by atoms with van der Waals surface area (Å²) in [5.74, 6) is -2.37. The van der Waals surface area contributed by atoms with Gasteiger partial charge in [-0.25, -0.2) is 13.2 Å². The first-order valence-electron chi connectivity index (χ1n) is 5.62. The number of nitrogens with two attached hydrogens (primary N) is 1. The molecule has 1 atom stereocenters. The Kier molecular flexibility index (Phi) is 4.12. The van der Waals surface area contributed by atoms with Crippen molar-refractivity contribution in [1.29, 1.82) is 0 Å². The van der Waals surface area contributed by atoms with Gasteiger partial charge in [-0.05, 0) is 41.8 Å². The molecule has 19 heavy (non-hydrogen) atoms. The molecule has 0 aliphatic heterocycles. The average molecular weight is 286 g/mol. The SMILES string of the molecule is NC(Cc1ccc(Cl)cc1F)c1ccc(F)c(F)c1. The molecule has 2 aromatic rings. The summed E-state index contributed by atoms with van der Waals surface area (Å²) >= 11 is 5.65. The maximum absolute atomic E-state index is 13.6. The first kappa shape index (κ1) is 13.9. The molecule has 5 heteroatoms. The Balaban J connectivity index is 2.20. The summed E-state index contributed by atoms with van der Waals surface area (Å²) in [6, 6.07) is 7.06. The van der Waals surface area contributed by atoms with Gasteiger partial charge >= 0.3 is 0 Å². The third kappa shape index (κ3) is 3.28. The third-order valence-corrected chi connectivity index (χ3v) is 3.06. The summed E-state index contributed by atoms with van der Waals surface area (Å²) in [5.41, 5.74) is 6.65. The van der Waals surface area contributed by atoms with Crippen LogP contribution in [0.1, 0.15) is 17.2 Å². The standard InChI is InChI=1S/C14H11ClF3N/c15-10-3-1-8(12(17)7-10)6-14(19)9-2-4-11(16)13(18)5-9/h1-5,7,14H,6,19H2. The van der Waals surface area contributed by atoms with Gasteiger partial charge < -0.3 is 5.73 Å². The molecule has 0 bridgehead atoms. The predicted octanol–water partition coefficient (Wildman–Crippen LogP) is 4.00. The van der Waals surface area contributed by atoms with Gasteiger partial charge in [-0.2, -0.15) is 0 Å². The van der Waals surface area contributed by atoms with Crippen molar-refractivity contribution in [2.24, 2.45) is 5.73 Å². The smallest absolute Gasteiger partial charge is 0.159 e. The number of rotatable bonds is 3. The molecule has 0 saturated heterocycles. The van der Waals surface area contributed by atoms with Crippen LogP contribution in [-0.4, -0.2) is 0 Å². The van der Waals surface area contributed by atoms with Crippen molar-refractivity contribution in [1.82, 2.24) is 0 Å². The zero-order valence-corrected chi connectivity index (χ0v) is 10.6. The molecule has 1 nitrogen and oxygen atoms in total. The second-order valence-electron chi connectivity index (χ2n) is 4.22. The Bertz CT molecular complexity index is 601. The zero-order valence-electron chi connectivity index (χ0n) is 9.84. The van der Waals surface area contributed by atoms with E-state index < -0.39 is 23.5 Å². The Morgan fingerprint density at radius 3 is 2.32 bits per heavy atom. The van der Waals surface area contributed by atoms with Gasteiger partial charge in [0, 0.05) is 11.1 Å². The van der Waals surface area contributed by atoms with Gasteiger partial charge in [-0.1, -0.05) is 23.7 Å². The van der Waals surface area contributed by atoms with Crippen molar-refractivity contribution >= 4 is 11.6 Å². The van der Waals surface area contributed by atoms with Crippen molar-refractivity contribution < 1.29 is 13.2 Å². The quantitative estimate of drug-likeness (QED) is 0.906. The van der Waals surface area contributed by atoms with E-state index in [1.165, 1.54) is 18.2 Å². The highest BCUT2D eigenvalue weighted by atomic mass is 35.5. The van der Waals surface area contributed by atoms with E-state index in [2.05, 4.69) is 0 Å². The average Bonchev–Trinajstić information content (AvgIpc) is 2.36. The number of benzene rings is 2. The molecule has 2 aromatic carbocycles. The second kappa shape index (κ2) is 5.63. The summed E-state index contributed by atoms with van der Waals surface area (Å²) in [7, 11) is 0. The summed E-state index contributed by atoms with van der Waals surface area (Å²) in [6.45, 7) is 0. The van der Waals surface area contributed by atoms with Gasteiger partial charge in [0.2, 0.25) is 0 Å². The molecular weight excluding hydrogens is 275 g/mol. The second-order valence-corrected chi connectivity index (χ2v) is 4.66. The normalized spacial score (nSPS) is 12.5. The molecule has 0 aliphatic rings. The Morgan fingerprint density at radius 1 is 0.947 bits per heavy atom. The molecule has 0 amide bonds. The van der Waals surface area contributed by atoms with Crippen LogP contribution in [0.3, 0.4) is 0 Å². The Hall–Kier alpha value is -1.52. The Labute approximate surface area is 113 Å². The zero-order chi connectivity index (χ0) is 14.0. The first-order valence-corrected chi connectivity index (χ1v) is 5.99. The minimum absolute atomic E-state index is 0.175. The molecule has 0 spiro atoms. The van der Waals surface area contributed by atoms with Crippen molar-refractivity contribution in [2.75, 3.05) is 0 Å².